The summed E-state index contributed by atoms with van der Waals surface area (Å²) in [5.41, 5.74) is 0. The molecule has 20 heavy (non-hydrogen) atoms. The van der Waals surface area contributed by atoms with E-state index in [1.54, 1.807) is 23.8 Å². The van der Waals surface area contributed by atoms with Gasteiger partial charge >= 0.3 is 12.0 Å². The van der Waals surface area contributed by atoms with Crippen LogP contribution >= 0.6 is 0 Å². The van der Waals surface area contributed by atoms with Crippen molar-refractivity contribution in [1.29, 1.82) is 5.26 Å². The van der Waals surface area contributed by atoms with Gasteiger partial charge in [0.1, 0.15) is 0 Å². The molecule has 0 aromatic rings. The fourth-order valence-electron chi connectivity index (χ4n) is 2.19. The molecule has 1 rings (SSSR count). The van der Waals surface area contributed by atoms with Gasteiger partial charge in [0.05, 0.1) is 18.4 Å². The Morgan fingerprint density at radius 2 is 1.95 bits per heavy atom. The smallest absolute Gasteiger partial charge is 0.319 e. The van der Waals surface area contributed by atoms with Gasteiger partial charge in [-0.2, -0.15) is 5.26 Å². The molecule has 1 aliphatic rings. The van der Waals surface area contributed by atoms with Gasteiger partial charge in [0.2, 0.25) is 0 Å². The lowest BCUT2D eigenvalue weighted by atomic mass is 10.2. The van der Waals surface area contributed by atoms with Crippen LogP contribution in [0.3, 0.4) is 0 Å². The molecule has 1 fully saturated rings. The number of nitriles is 1. The summed E-state index contributed by atoms with van der Waals surface area (Å²) in [5.74, 6) is -0.977. The van der Waals surface area contributed by atoms with E-state index in [0.717, 1.165) is 0 Å². The van der Waals surface area contributed by atoms with Gasteiger partial charge in [-0.15, -0.1) is 0 Å². The molecule has 0 saturated carbocycles. The highest BCUT2D eigenvalue weighted by Gasteiger charge is 2.24. The van der Waals surface area contributed by atoms with E-state index in [-0.39, 0.29) is 18.4 Å². The maximum absolute atomic E-state index is 12.2. The van der Waals surface area contributed by atoms with Crippen LogP contribution in [0.4, 0.5) is 4.79 Å². The highest BCUT2D eigenvalue weighted by molar-refractivity contribution is 5.74. The van der Waals surface area contributed by atoms with E-state index in [1.807, 2.05) is 0 Å². The molecule has 1 N–H and O–H groups in total. The molecule has 7 nitrogen and oxygen atoms in total. The first-order valence-corrected chi connectivity index (χ1v) is 6.78. The fraction of sp³-hybridized carbons (Fsp3) is 0.769. The van der Waals surface area contributed by atoms with Crippen LogP contribution in [0.15, 0.2) is 0 Å². The molecule has 0 aromatic carbocycles. The Kier molecular flexibility index (Phi) is 6.25. The molecule has 1 heterocycles. The molecule has 0 radical (unpaired) electrons. The SMILES string of the molecule is CC(C#N)CN(C)C(=O)N1CCN(CCC(=O)O)CC1. The summed E-state index contributed by atoms with van der Waals surface area (Å²) >= 11 is 0. The number of aliphatic carboxylic acids is 1. The summed E-state index contributed by atoms with van der Waals surface area (Å²) < 4.78 is 0. The number of amides is 2. The molecule has 0 aliphatic carbocycles. The average molecular weight is 282 g/mol. The van der Waals surface area contributed by atoms with Gasteiger partial charge in [-0.25, -0.2) is 4.79 Å². The lowest BCUT2D eigenvalue weighted by Crippen LogP contribution is -2.52. The Hall–Kier alpha value is -1.81. The van der Waals surface area contributed by atoms with Crippen LogP contribution in [0.5, 0.6) is 0 Å². The minimum atomic E-state index is -0.797. The summed E-state index contributed by atoms with van der Waals surface area (Å²) in [6.45, 7) is 5.33. The van der Waals surface area contributed by atoms with Crippen molar-refractivity contribution in [3.05, 3.63) is 0 Å². The Morgan fingerprint density at radius 3 is 2.45 bits per heavy atom. The van der Waals surface area contributed by atoms with Crippen molar-refractivity contribution in [2.45, 2.75) is 13.3 Å². The maximum atomic E-state index is 12.2. The van der Waals surface area contributed by atoms with Crippen molar-refractivity contribution in [2.75, 3.05) is 46.3 Å². The molecule has 1 atom stereocenters. The summed E-state index contributed by atoms with van der Waals surface area (Å²) in [7, 11) is 1.70. The van der Waals surface area contributed by atoms with Gasteiger partial charge in [-0.1, -0.05) is 0 Å². The first kappa shape index (κ1) is 16.2. The quantitative estimate of drug-likeness (QED) is 0.783. The van der Waals surface area contributed by atoms with Crippen molar-refractivity contribution in [3.63, 3.8) is 0 Å². The molecule has 0 spiro atoms. The predicted octanol–water partition coefficient (Wildman–Crippen LogP) is 0.290. The van der Waals surface area contributed by atoms with Crippen molar-refractivity contribution >= 4 is 12.0 Å². The summed E-state index contributed by atoms with van der Waals surface area (Å²) in [6, 6.07) is 2.05. The summed E-state index contributed by atoms with van der Waals surface area (Å²) in [5, 5.41) is 17.4. The molecule has 0 aromatic heterocycles. The molecule has 7 heteroatoms. The van der Waals surface area contributed by atoms with Crippen LogP contribution in [0, 0.1) is 17.2 Å². The maximum Gasteiger partial charge on any atom is 0.319 e. The molecule has 112 valence electrons. The van der Waals surface area contributed by atoms with Gasteiger partial charge in [0, 0.05) is 46.3 Å². The van der Waals surface area contributed by atoms with E-state index in [0.29, 0.717) is 39.3 Å². The van der Waals surface area contributed by atoms with Crippen LogP contribution in [0.1, 0.15) is 13.3 Å². The predicted molar refractivity (Wildman–Crippen MR) is 73.1 cm³/mol. The first-order valence-electron chi connectivity index (χ1n) is 6.78. The second kappa shape index (κ2) is 7.70. The van der Waals surface area contributed by atoms with E-state index in [2.05, 4.69) is 11.0 Å². The van der Waals surface area contributed by atoms with Gasteiger partial charge in [0.25, 0.3) is 0 Å². The number of carboxylic acids is 1. The third-order valence-corrected chi connectivity index (χ3v) is 3.38. The zero-order chi connectivity index (χ0) is 15.1. The number of carbonyl (C=O) groups excluding carboxylic acids is 1. The highest BCUT2D eigenvalue weighted by atomic mass is 16.4. The van der Waals surface area contributed by atoms with Gasteiger partial charge in [0.15, 0.2) is 0 Å². The first-order chi connectivity index (χ1) is 9.43. The molecule has 0 bridgehead atoms. The number of carboxylic acid groups (broad SMARTS) is 1. The Morgan fingerprint density at radius 1 is 1.35 bits per heavy atom. The third-order valence-electron chi connectivity index (χ3n) is 3.38. The molecule has 2 amide bonds. The number of hydrogen-bond acceptors (Lipinski definition) is 4. The van der Waals surface area contributed by atoms with Crippen LogP contribution < -0.4 is 0 Å². The van der Waals surface area contributed by atoms with Crippen LogP contribution in [0.2, 0.25) is 0 Å². The molecule has 1 unspecified atom stereocenters. The largest absolute Gasteiger partial charge is 0.481 e. The Bertz CT molecular complexity index is 386. The minimum Gasteiger partial charge on any atom is -0.481 e. The van der Waals surface area contributed by atoms with E-state index in [9.17, 15) is 9.59 Å². The number of rotatable bonds is 5. The minimum absolute atomic E-state index is 0.0648. The number of carbonyl (C=O) groups is 2. The number of urea groups is 1. The zero-order valence-electron chi connectivity index (χ0n) is 12.1. The fourth-order valence-corrected chi connectivity index (χ4v) is 2.19. The van der Waals surface area contributed by atoms with Gasteiger partial charge < -0.3 is 14.9 Å². The van der Waals surface area contributed by atoms with E-state index >= 15 is 0 Å². The molecule has 1 aliphatic heterocycles. The second-order valence-corrected chi connectivity index (χ2v) is 5.17. The Labute approximate surface area is 119 Å². The number of hydrogen-bond donors (Lipinski definition) is 1. The molecule has 1 saturated heterocycles. The van der Waals surface area contributed by atoms with Crippen LogP contribution in [-0.2, 0) is 4.79 Å². The van der Waals surface area contributed by atoms with Gasteiger partial charge in [-0.3, -0.25) is 9.69 Å². The van der Waals surface area contributed by atoms with Crippen molar-refractivity contribution in [2.24, 2.45) is 5.92 Å². The number of piperazine rings is 1. The zero-order valence-corrected chi connectivity index (χ0v) is 12.1. The topological polar surface area (TPSA) is 87.9 Å². The van der Waals surface area contributed by atoms with E-state index < -0.39 is 5.97 Å². The monoisotopic (exact) mass is 282 g/mol. The van der Waals surface area contributed by atoms with E-state index in [4.69, 9.17) is 10.4 Å². The third kappa shape index (κ3) is 5.05. The summed E-state index contributed by atoms with van der Waals surface area (Å²) in [4.78, 5) is 28.0. The lowest BCUT2D eigenvalue weighted by molar-refractivity contribution is -0.137. The highest BCUT2D eigenvalue weighted by Crippen LogP contribution is 2.07. The normalized spacial score (nSPS) is 17.4. The van der Waals surface area contributed by atoms with Crippen molar-refractivity contribution < 1.29 is 14.7 Å². The second-order valence-electron chi connectivity index (χ2n) is 5.17. The van der Waals surface area contributed by atoms with Crippen LogP contribution in [0.25, 0.3) is 0 Å². The van der Waals surface area contributed by atoms with Crippen LogP contribution in [-0.4, -0.2) is 78.1 Å². The summed E-state index contributed by atoms with van der Waals surface area (Å²) in [6.07, 6.45) is 0.132. The average Bonchev–Trinajstić information content (AvgIpc) is 2.44. The standard InChI is InChI=1S/C13H22N4O3/c1-11(9-14)10-15(2)13(20)17-7-5-16(6-8-17)4-3-12(18)19/h11H,3-8,10H2,1-2H3,(H,18,19). The van der Waals surface area contributed by atoms with E-state index in [1.165, 1.54) is 0 Å². The molecular formula is C13H22N4O3. The van der Waals surface area contributed by atoms with Gasteiger partial charge in [-0.05, 0) is 6.92 Å². The lowest BCUT2D eigenvalue weighted by Gasteiger charge is -2.36. The number of nitrogens with zero attached hydrogens (tertiary/aromatic N) is 4. The van der Waals surface area contributed by atoms with Crippen molar-refractivity contribution in [3.8, 4) is 6.07 Å². The molecular weight excluding hydrogens is 260 g/mol. The Balaban J connectivity index is 2.35. The van der Waals surface area contributed by atoms with Crippen molar-refractivity contribution in [1.82, 2.24) is 14.7 Å².